The Morgan fingerprint density at radius 1 is 1.21 bits per heavy atom. The van der Waals surface area contributed by atoms with Crippen molar-refractivity contribution in [3.05, 3.63) is 12.4 Å². The Morgan fingerprint density at radius 2 is 1.95 bits per heavy atom. The predicted molar refractivity (Wildman–Crippen MR) is 77.8 cm³/mol. The van der Waals surface area contributed by atoms with Gasteiger partial charge >= 0.3 is 0 Å². The average Bonchev–Trinajstić information content (AvgIpc) is 3.02. The number of piperazine rings is 1. The minimum atomic E-state index is 0.658. The van der Waals surface area contributed by atoms with E-state index in [1.807, 2.05) is 0 Å². The Hall–Kier alpha value is -1.36. The van der Waals surface area contributed by atoms with Crippen molar-refractivity contribution >= 4 is 11.6 Å². The van der Waals surface area contributed by atoms with E-state index in [9.17, 15) is 0 Å². The third kappa shape index (κ3) is 2.81. The second-order valence-corrected chi connectivity index (χ2v) is 5.52. The largest absolute Gasteiger partial charge is 0.357 e. The number of hydrogen-bond donors (Lipinski definition) is 1. The lowest BCUT2D eigenvalue weighted by atomic mass is 10.2. The van der Waals surface area contributed by atoms with Crippen LogP contribution in [0, 0.1) is 0 Å². The summed E-state index contributed by atoms with van der Waals surface area (Å²) in [6.45, 7) is 4.14. The van der Waals surface area contributed by atoms with Crippen LogP contribution in [0.4, 0.5) is 11.6 Å². The van der Waals surface area contributed by atoms with Crippen molar-refractivity contribution in [1.29, 1.82) is 0 Å². The Kier molecular flexibility index (Phi) is 3.82. The van der Waals surface area contributed by atoms with E-state index in [4.69, 9.17) is 0 Å². The molecule has 2 fully saturated rings. The fourth-order valence-corrected chi connectivity index (χ4v) is 3.08. The molecule has 0 atom stereocenters. The molecule has 3 rings (SSSR count). The van der Waals surface area contributed by atoms with Crippen molar-refractivity contribution in [3.63, 3.8) is 0 Å². The molecule has 0 unspecified atom stereocenters. The van der Waals surface area contributed by atoms with Crippen LogP contribution in [0.2, 0.25) is 0 Å². The number of aromatic nitrogens is 2. The van der Waals surface area contributed by atoms with Crippen molar-refractivity contribution in [2.75, 3.05) is 43.0 Å². The van der Waals surface area contributed by atoms with E-state index in [0.717, 1.165) is 37.8 Å². The molecule has 104 valence electrons. The van der Waals surface area contributed by atoms with E-state index in [2.05, 4.69) is 38.2 Å². The lowest BCUT2D eigenvalue weighted by molar-refractivity contribution is 0.584. The molecule has 0 spiro atoms. The number of hydrogen-bond acceptors (Lipinski definition) is 5. The van der Waals surface area contributed by atoms with Crippen LogP contribution in [0.1, 0.15) is 25.7 Å². The molecule has 0 amide bonds. The summed E-state index contributed by atoms with van der Waals surface area (Å²) in [5.41, 5.74) is 0. The van der Waals surface area contributed by atoms with Gasteiger partial charge in [0.25, 0.3) is 0 Å². The molecule has 0 aromatic carbocycles. The standard InChI is InChI=1S/C14H23N5/c1-18(12-4-2-3-5-12)13-10-14(17-11-16-13)19-8-6-15-7-9-19/h10-12,15H,2-9H2,1H3. The Balaban J connectivity index is 1.74. The fraction of sp³-hybridized carbons (Fsp3) is 0.714. The highest BCUT2D eigenvalue weighted by atomic mass is 15.3. The summed E-state index contributed by atoms with van der Waals surface area (Å²) < 4.78 is 0. The smallest absolute Gasteiger partial charge is 0.134 e. The lowest BCUT2D eigenvalue weighted by Gasteiger charge is -2.30. The SMILES string of the molecule is CN(c1cc(N2CCNCC2)ncn1)C1CCCC1. The Bertz CT molecular complexity index is 410. The van der Waals surface area contributed by atoms with Gasteiger partial charge in [-0.3, -0.25) is 0 Å². The molecule has 5 heteroatoms. The summed E-state index contributed by atoms with van der Waals surface area (Å²) in [5.74, 6) is 2.13. The van der Waals surface area contributed by atoms with Gasteiger partial charge < -0.3 is 15.1 Å². The molecule has 0 bridgehead atoms. The molecular weight excluding hydrogens is 238 g/mol. The second kappa shape index (κ2) is 5.74. The molecule has 2 aliphatic rings. The predicted octanol–water partition coefficient (Wildman–Crippen LogP) is 1.26. The van der Waals surface area contributed by atoms with Crippen LogP contribution >= 0.6 is 0 Å². The molecule has 0 radical (unpaired) electrons. The molecule has 1 aromatic heterocycles. The van der Waals surface area contributed by atoms with Crippen molar-refractivity contribution in [2.24, 2.45) is 0 Å². The maximum Gasteiger partial charge on any atom is 0.134 e. The molecular formula is C14H23N5. The van der Waals surface area contributed by atoms with Crippen molar-refractivity contribution in [1.82, 2.24) is 15.3 Å². The van der Waals surface area contributed by atoms with Gasteiger partial charge in [-0.05, 0) is 12.8 Å². The molecule has 2 heterocycles. The second-order valence-electron chi connectivity index (χ2n) is 5.52. The number of nitrogens with one attached hydrogen (secondary N) is 1. The molecule has 1 saturated carbocycles. The van der Waals surface area contributed by atoms with Gasteiger partial charge in [-0.25, -0.2) is 9.97 Å². The Morgan fingerprint density at radius 3 is 2.68 bits per heavy atom. The first-order valence-corrected chi connectivity index (χ1v) is 7.35. The van der Waals surface area contributed by atoms with Crippen LogP contribution in [-0.2, 0) is 0 Å². The first-order chi connectivity index (χ1) is 9.34. The summed E-state index contributed by atoms with van der Waals surface area (Å²) in [6.07, 6.45) is 7.00. The molecule has 1 aliphatic heterocycles. The third-order valence-corrected chi connectivity index (χ3v) is 4.31. The van der Waals surface area contributed by atoms with Crippen LogP contribution in [0.3, 0.4) is 0 Å². The monoisotopic (exact) mass is 261 g/mol. The summed E-state index contributed by atoms with van der Waals surface area (Å²) in [4.78, 5) is 13.6. The van der Waals surface area contributed by atoms with Gasteiger partial charge in [-0.15, -0.1) is 0 Å². The van der Waals surface area contributed by atoms with Crippen LogP contribution in [-0.4, -0.2) is 49.2 Å². The van der Waals surface area contributed by atoms with E-state index in [1.54, 1.807) is 6.33 Å². The molecule has 1 saturated heterocycles. The highest BCUT2D eigenvalue weighted by Crippen LogP contribution is 2.27. The summed E-state index contributed by atoms with van der Waals surface area (Å²) in [6, 6.07) is 2.80. The van der Waals surface area contributed by atoms with Gasteiger partial charge in [-0.1, -0.05) is 12.8 Å². The van der Waals surface area contributed by atoms with Gasteiger partial charge in [0.2, 0.25) is 0 Å². The average molecular weight is 261 g/mol. The van der Waals surface area contributed by atoms with Crippen LogP contribution in [0.25, 0.3) is 0 Å². The zero-order valence-electron chi connectivity index (χ0n) is 11.7. The topological polar surface area (TPSA) is 44.3 Å². The summed E-state index contributed by atoms with van der Waals surface area (Å²) >= 11 is 0. The van der Waals surface area contributed by atoms with Crippen molar-refractivity contribution in [2.45, 2.75) is 31.7 Å². The van der Waals surface area contributed by atoms with Crippen LogP contribution in [0.5, 0.6) is 0 Å². The van der Waals surface area contributed by atoms with E-state index in [1.165, 1.54) is 25.7 Å². The highest BCUT2D eigenvalue weighted by molar-refractivity contribution is 5.50. The maximum atomic E-state index is 4.45. The lowest BCUT2D eigenvalue weighted by Crippen LogP contribution is -2.44. The van der Waals surface area contributed by atoms with E-state index in [0.29, 0.717) is 6.04 Å². The van der Waals surface area contributed by atoms with E-state index < -0.39 is 0 Å². The third-order valence-electron chi connectivity index (χ3n) is 4.31. The molecule has 1 aliphatic carbocycles. The Labute approximate surface area is 115 Å². The molecule has 1 aromatic rings. The number of nitrogens with zero attached hydrogens (tertiary/aromatic N) is 4. The first kappa shape index (κ1) is 12.7. The highest BCUT2D eigenvalue weighted by Gasteiger charge is 2.21. The van der Waals surface area contributed by atoms with Gasteiger partial charge in [0.15, 0.2) is 0 Å². The van der Waals surface area contributed by atoms with E-state index in [-0.39, 0.29) is 0 Å². The van der Waals surface area contributed by atoms with E-state index >= 15 is 0 Å². The number of rotatable bonds is 3. The molecule has 1 N–H and O–H groups in total. The van der Waals surface area contributed by atoms with Gasteiger partial charge in [0.1, 0.15) is 18.0 Å². The normalized spacial score (nSPS) is 20.8. The van der Waals surface area contributed by atoms with Crippen molar-refractivity contribution in [3.8, 4) is 0 Å². The minimum absolute atomic E-state index is 0.658. The zero-order chi connectivity index (χ0) is 13.1. The maximum absolute atomic E-state index is 4.45. The zero-order valence-corrected chi connectivity index (χ0v) is 11.7. The van der Waals surface area contributed by atoms with Crippen LogP contribution in [0.15, 0.2) is 12.4 Å². The van der Waals surface area contributed by atoms with Gasteiger partial charge in [-0.2, -0.15) is 0 Å². The van der Waals surface area contributed by atoms with Crippen LogP contribution < -0.4 is 15.1 Å². The molecule has 5 nitrogen and oxygen atoms in total. The van der Waals surface area contributed by atoms with Gasteiger partial charge in [0.05, 0.1) is 0 Å². The minimum Gasteiger partial charge on any atom is -0.357 e. The summed E-state index contributed by atoms with van der Waals surface area (Å²) in [5, 5.41) is 3.37. The van der Waals surface area contributed by atoms with Gasteiger partial charge in [0, 0.05) is 45.3 Å². The quantitative estimate of drug-likeness (QED) is 0.887. The van der Waals surface area contributed by atoms with Crippen molar-refractivity contribution < 1.29 is 0 Å². The summed E-state index contributed by atoms with van der Waals surface area (Å²) in [7, 11) is 2.17. The first-order valence-electron chi connectivity index (χ1n) is 7.35. The molecule has 19 heavy (non-hydrogen) atoms. The number of anilines is 2. The fourth-order valence-electron chi connectivity index (χ4n) is 3.08.